The second-order valence-electron chi connectivity index (χ2n) is 10.5. The number of hydrogen-bond donors (Lipinski definition) is 3. The van der Waals surface area contributed by atoms with Crippen molar-refractivity contribution in [2.75, 3.05) is 24.1 Å². The molecule has 0 spiro atoms. The summed E-state index contributed by atoms with van der Waals surface area (Å²) >= 11 is 6.21. The van der Waals surface area contributed by atoms with Crippen molar-refractivity contribution in [1.82, 2.24) is 10.2 Å². The first kappa shape index (κ1) is 25.1. The third-order valence-corrected chi connectivity index (χ3v) is 8.26. The van der Waals surface area contributed by atoms with Gasteiger partial charge in [-0.15, -0.1) is 0 Å². The highest BCUT2D eigenvalue weighted by molar-refractivity contribution is 7.92. The number of likely N-dealkylation sites (tertiary alicyclic amines) is 1. The molecule has 9 heteroatoms. The van der Waals surface area contributed by atoms with Gasteiger partial charge in [-0.2, -0.15) is 0 Å². The van der Waals surface area contributed by atoms with Crippen LogP contribution < -0.4 is 15.8 Å². The fourth-order valence-corrected chi connectivity index (χ4v) is 5.98. The first-order valence-electron chi connectivity index (χ1n) is 12.5. The van der Waals surface area contributed by atoms with Crippen molar-refractivity contribution in [2.45, 2.75) is 50.6 Å². The summed E-state index contributed by atoms with van der Waals surface area (Å²) in [6, 6.07) is 4.59. The fraction of sp³-hybridized carbons (Fsp3) is 0.444. The highest BCUT2D eigenvalue weighted by atomic mass is 35.5. The van der Waals surface area contributed by atoms with Crippen LogP contribution in [0.4, 0.5) is 5.69 Å². The van der Waals surface area contributed by atoms with Crippen molar-refractivity contribution in [1.29, 1.82) is 0 Å². The van der Waals surface area contributed by atoms with Gasteiger partial charge in [-0.25, -0.2) is 8.42 Å². The van der Waals surface area contributed by atoms with Gasteiger partial charge in [0.25, 0.3) is 5.91 Å². The summed E-state index contributed by atoms with van der Waals surface area (Å²) in [5.74, 6) is -0.0318. The number of allylic oxidation sites excluding steroid dienone is 5. The summed E-state index contributed by atoms with van der Waals surface area (Å²) in [6.07, 6.45) is 14.9. The molecule has 0 bridgehead atoms. The van der Waals surface area contributed by atoms with Crippen LogP contribution in [0.25, 0.3) is 0 Å². The lowest BCUT2D eigenvalue weighted by Gasteiger charge is -2.36. The zero-order valence-corrected chi connectivity index (χ0v) is 22.3. The summed E-state index contributed by atoms with van der Waals surface area (Å²) in [7, 11) is -3.55. The molecule has 1 aliphatic heterocycles. The van der Waals surface area contributed by atoms with Gasteiger partial charge in [0.15, 0.2) is 0 Å². The molecule has 1 saturated heterocycles. The Morgan fingerprint density at radius 3 is 2.69 bits per heavy atom. The minimum absolute atomic E-state index is 0.0699. The van der Waals surface area contributed by atoms with Crippen molar-refractivity contribution < 1.29 is 13.2 Å². The maximum atomic E-state index is 13.8. The number of hydrogen-bond acceptors (Lipinski definition) is 5. The van der Waals surface area contributed by atoms with Gasteiger partial charge in [0.2, 0.25) is 10.0 Å². The van der Waals surface area contributed by atoms with E-state index in [-0.39, 0.29) is 34.7 Å². The van der Waals surface area contributed by atoms with E-state index in [0.717, 1.165) is 56.2 Å². The first-order chi connectivity index (χ1) is 17.0. The third kappa shape index (κ3) is 5.41. The molecule has 1 amide bonds. The van der Waals surface area contributed by atoms with Crippen LogP contribution in [0.1, 0.15) is 49.4 Å². The van der Waals surface area contributed by atoms with Crippen molar-refractivity contribution in [2.24, 2.45) is 11.7 Å². The Balaban J connectivity index is 1.40. The van der Waals surface area contributed by atoms with Crippen LogP contribution in [0.2, 0.25) is 5.02 Å². The van der Waals surface area contributed by atoms with Gasteiger partial charge < -0.3 is 16.0 Å². The second kappa shape index (κ2) is 9.39. The molecule has 0 aromatic heterocycles. The van der Waals surface area contributed by atoms with Gasteiger partial charge in [-0.05, 0) is 80.0 Å². The lowest BCUT2D eigenvalue weighted by Crippen LogP contribution is -2.44. The van der Waals surface area contributed by atoms with Crippen molar-refractivity contribution in [3.8, 4) is 0 Å². The lowest BCUT2D eigenvalue weighted by atomic mass is 9.92. The van der Waals surface area contributed by atoms with Crippen molar-refractivity contribution in [3.05, 3.63) is 75.5 Å². The van der Waals surface area contributed by atoms with Crippen molar-refractivity contribution >= 4 is 33.2 Å². The summed E-state index contributed by atoms with van der Waals surface area (Å²) in [5.41, 5.74) is 11.3. The standard InChI is InChI=1S/C27H33ClN4O3S/c1-17-11-18-12-20(13-19(18)14-24(17)30-16-27(29)8-9-27)25-5-3-4-10-32(25)26(33)22-15-21(28)6-7-23(22)31-36(2,34)35/h6-7,11-15,18,25,30-31H,3-5,8-10,16,29H2,1-2H3/t18?,25-/m0/s1. The van der Waals surface area contributed by atoms with Gasteiger partial charge >= 0.3 is 0 Å². The maximum absolute atomic E-state index is 13.8. The molecule has 4 aliphatic rings. The molecule has 2 atom stereocenters. The number of carbonyl (C=O) groups is 1. The molecule has 2 fully saturated rings. The van der Waals surface area contributed by atoms with Crippen LogP contribution in [0.3, 0.4) is 0 Å². The van der Waals surface area contributed by atoms with Crippen LogP contribution in [0.5, 0.6) is 0 Å². The molecule has 1 aromatic rings. The highest BCUT2D eigenvalue weighted by Gasteiger charge is 2.38. The normalized spacial score (nSPS) is 24.7. The predicted molar refractivity (Wildman–Crippen MR) is 144 cm³/mol. The highest BCUT2D eigenvalue weighted by Crippen LogP contribution is 2.39. The van der Waals surface area contributed by atoms with E-state index >= 15 is 0 Å². The fourth-order valence-electron chi connectivity index (χ4n) is 5.23. The van der Waals surface area contributed by atoms with E-state index in [1.165, 1.54) is 11.1 Å². The molecule has 1 aromatic carbocycles. The number of anilines is 1. The third-order valence-electron chi connectivity index (χ3n) is 7.43. The molecule has 1 saturated carbocycles. The summed E-state index contributed by atoms with van der Waals surface area (Å²) in [4.78, 5) is 15.6. The first-order valence-corrected chi connectivity index (χ1v) is 14.7. The molecular weight excluding hydrogens is 496 g/mol. The Bertz CT molecular complexity index is 1320. The van der Waals surface area contributed by atoms with Crippen LogP contribution in [-0.2, 0) is 10.0 Å². The zero-order chi connectivity index (χ0) is 25.7. The van der Waals surface area contributed by atoms with E-state index in [4.69, 9.17) is 17.3 Å². The minimum atomic E-state index is -3.55. The topological polar surface area (TPSA) is 105 Å². The number of nitrogens with two attached hydrogens (primary N) is 1. The Labute approximate surface area is 218 Å². The number of benzene rings is 1. The number of carbonyl (C=O) groups excluding carboxylic acids is 1. The molecule has 192 valence electrons. The summed E-state index contributed by atoms with van der Waals surface area (Å²) in [6.45, 7) is 3.50. The molecule has 7 nitrogen and oxygen atoms in total. The van der Waals surface area contributed by atoms with Crippen LogP contribution in [-0.4, -0.2) is 50.2 Å². The maximum Gasteiger partial charge on any atom is 0.256 e. The van der Waals surface area contributed by atoms with E-state index in [2.05, 4.69) is 41.3 Å². The smallest absolute Gasteiger partial charge is 0.256 e. The Kier molecular flexibility index (Phi) is 6.55. The average molecular weight is 529 g/mol. The molecule has 1 heterocycles. The number of nitrogens with zero attached hydrogens (tertiary/aromatic N) is 1. The number of fused-ring (bicyclic) bond motifs is 1. The number of nitrogens with one attached hydrogen (secondary N) is 2. The largest absolute Gasteiger partial charge is 0.383 e. The van der Waals surface area contributed by atoms with E-state index in [1.807, 2.05) is 4.90 Å². The van der Waals surface area contributed by atoms with Crippen LogP contribution in [0.15, 0.2) is 64.9 Å². The molecular formula is C27H33ClN4O3S. The van der Waals surface area contributed by atoms with Gasteiger partial charge in [0.05, 0.1) is 23.5 Å². The Hall–Kier alpha value is -2.55. The Morgan fingerprint density at radius 1 is 1.19 bits per heavy atom. The van der Waals surface area contributed by atoms with Crippen molar-refractivity contribution in [3.63, 3.8) is 0 Å². The second-order valence-corrected chi connectivity index (χ2v) is 12.7. The van der Waals surface area contributed by atoms with E-state index in [9.17, 15) is 13.2 Å². The van der Waals surface area contributed by atoms with Gasteiger partial charge in [-0.1, -0.05) is 29.8 Å². The molecule has 0 radical (unpaired) electrons. The summed E-state index contributed by atoms with van der Waals surface area (Å²) in [5, 5.41) is 3.91. The van der Waals surface area contributed by atoms with Gasteiger partial charge in [0, 0.05) is 35.3 Å². The number of halogens is 1. The molecule has 5 rings (SSSR count). The molecule has 1 unspecified atom stereocenters. The van der Waals surface area contributed by atoms with E-state index in [0.29, 0.717) is 11.6 Å². The van der Waals surface area contributed by atoms with Crippen LogP contribution >= 0.6 is 11.6 Å². The van der Waals surface area contributed by atoms with Crippen LogP contribution in [0, 0.1) is 5.92 Å². The molecule has 4 N–H and O–H groups in total. The summed E-state index contributed by atoms with van der Waals surface area (Å²) < 4.78 is 26.3. The van der Waals surface area contributed by atoms with E-state index in [1.54, 1.807) is 18.2 Å². The number of amides is 1. The van der Waals surface area contributed by atoms with Gasteiger partial charge in [0.1, 0.15) is 0 Å². The quantitative estimate of drug-likeness (QED) is 0.494. The number of sulfonamides is 1. The zero-order valence-electron chi connectivity index (χ0n) is 20.7. The SMILES string of the molecule is CC1=CC2C=C([C@@H]3CCCCN3C(=O)c3cc(Cl)ccc3NS(C)(=O)=O)C=C2C=C1NCC1(N)CC1. The van der Waals surface area contributed by atoms with Gasteiger partial charge in [-0.3, -0.25) is 9.52 Å². The van der Waals surface area contributed by atoms with E-state index < -0.39 is 10.0 Å². The Morgan fingerprint density at radius 2 is 1.97 bits per heavy atom. The molecule has 36 heavy (non-hydrogen) atoms. The number of piperidine rings is 1. The molecule has 3 aliphatic carbocycles. The monoisotopic (exact) mass is 528 g/mol. The lowest BCUT2D eigenvalue weighted by molar-refractivity contribution is 0.0657. The number of rotatable bonds is 7. The minimum Gasteiger partial charge on any atom is -0.383 e. The average Bonchev–Trinajstić information content (AvgIpc) is 3.42. The predicted octanol–water partition coefficient (Wildman–Crippen LogP) is 4.11.